The lowest BCUT2D eigenvalue weighted by molar-refractivity contribution is 0.853. The van der Waals surface area contributed by atoms with Gasteiger partial charge in [-0.3, -0.25) is 4.98 Å². The molecule has 102 valence electrons. The second kappa shape index (κ2) is 5.20. The smallest absolute Gasteiger partial charge is 0.180 e. The zero-order chi connectivity index (χ0) is 14.1. The Bertz CT molecular complexity index is 752. The summed E-state index contributed by atoms with van der Waals surface area (Å²) >= 11 is 3.43. The lowest BCUT2D eigenvalue weighted by atomic mass is 10.3. The quantitative estimate of drug-likeness (QED) is 0.740. The van der Waals surface area contributed by atoms with Crippen LogP contribution < -0.4 is 4.90 Å². The zero-order valence-electron chi connectivity index (χ0n) is 11.3. The molecular weight excluding hydrogens is 318 g/mol. The Balaban J connectivity index is 1.96. The van der Waals surface area contributed by atoms with Gasteiger partial charge in [0.2, 0.25) is 0 Å². The van der Waals surface area contributed by atoms with Gasteiger partial charge >= 0.3 is 0 Å². The number of halogens is 1. The summed E-state index contributed by atoms with van der Waals surface area (Å²) in [6.07, 6.45) is 5.57. The van der Waals surface area contributed by atoms with Crippen molar-refractivity contribution in [3.05, 3.63) is 52.8 Å². The summed E-state index contributed by atoms with van der Waals surface area (Å²) in [5.74, 6) is 0.827. The van der Waals surface area contributed by atoms with Crippen molar-refractivity contribution < 1.29 is 0 Å². The predicted molar refractivity (Wildman–Crippen MR) is 81.8 cm³/mol. The highest BCUT2D eigenvalue weighted by Crippen LogP contribution is 2.21. The lowest BCUT2D eigenvalue weighted by Crippen LogP contribution is -2.19. The average molecular weight is 332 g/mol. The van der Waals surface area contributed by atoms with E-state index in [1.165, 1.54) is 0 Å². The van der Waals surface area contributed by atoms with E-state index in [2.05, 4.69) is 35.8 Å². The second-order valence-electron chi connectivity index (χ2n) is 4.67. The third-order valence-corrected chi connectivity index (χ3v) is 3.42. The highest BCUT2D eigenvalue weighted by Gasteiger charge is 2.12. The van der Waals surface area contributed by atoms with Gasteiger partial charge in [0, 0.05) is 31.3 Å². The monoisotopic (exact) mass is 331 g/mol. The number of fused-ring (bicyclic) bond motifs is 1. The fourth-order valence-electron chi connectivity index (χ4n) is 2.15. The number of hydrogen-bond acceptors (Lipinski definition) is 4. The van der Waals surface area contributed by atoms with Gasteiger partial charge in [0.25, 0.3) is 0 Å². The Morgan fingerprint density at radius 2 is 2.15 bits per heavy atom. The number of hydrogen-bond donors (Lipinski definition) is 0. The summed E-state index contributed by atoms with van der Waals surface area (Å²) in [5.41, 5.74) is 2.87. The summed E-state index contributed by atoms with van der Waals surface area (Å²) in [4.78, 5) is 15.5. The topological polar surface area (TPSA) is 46.3 Å². The van der Waals surface area contributed by atoms with Gasteiger partial charge in [-0.25, -0.2) is 9.97 Å². The molecule has 3 aromatic heterocycles. The number of anilines is 1. The number of aryl methyl sites for hydroxylation is 1. The van der Waals surface area contributed by atoms with Gasteiger partial charge in [-0.15, -0.1) is 0 Å². The highest BCUT2D eigenvalue weighted by molar-refractivity contribution is 9.10. The maximum Gasteiger partial charge on any atom is 0.180 e. The van der Waals surface area contributed by atoms with E-state index in [0.717, 1.165) is 27.5 Å². The molecule has 0 amide bonds. The van der Waals surface area contributed by atoms with E-state index >= 15 is 0 Å². The van der Waals surface area contributed by atoms with Gasteiger partial charge < -0.3 is 9.30 Å². The van der Waals surface area contributed by atoms with Crippen LogP contribution in [0.25, 0.3) is 5.65 Å². The molecule has 3 heterocycles. The molecular formula is C14H14BrN5. The van der Waals surface area contributed by atoms with Crippen LogP contribution >= 0.6 is 15.9 Å². The number of nitrogens with zero attached hydrogens (tertiary/aromatic N) is 5. The molecule has 0 aliphatic heterocycles. The molecule has 0 bridgehead atoms. The third-order valence-electron chi connectivity index (χ3n) is 3.03. The highest BCUT2D eigenvalue weighted by atomic mass is 79.9. The van der Waals surface area contributed by atoms with Crippen molar-refractivity contribution in [2.75, 3.05) is 11.9 Å². The summed E-state index contributed by atoms with van der Waals surface area (Å²) in [5, 5.41) is 0. The zero-order valence-corrected chi connectivity index (χ0v) is 12.9. The molecule has 0 N–H and O–H groups in total. The number of pyridine rings is 1. The van der Waals surface area contributed by atoms with Crippen molar-refractivity contribution >= 4 is 27.4 Å². The molecule has 3 aromatic rings. The molecule has 0 aromatic carbocycles. The summed E-state index contributed by atoms with van der Waals surface area (Å²) in [7, 11) is 1.99. The molecule has 0 atom stereocenters. The second-order valence-corrected chi connectivity index (χ2v) is 5.48. The number of aromatic nitrogens is 4. The Morgan fingerprint density at radius 1 is 1.30 bits per heavy atom. The molecule has 0 fully saturated rings. The van der Waals surface area contributed by atoms with Crippen molar-refractivity contribution in [3.63, 3.8) is 0 Å². The summed E-state index contributed by atoms with van der Waals surface area (Å²) < 4.78 is 2.73. The first-order valence-electron chi connectivity index (χ1n) is 6.26. The standard InChI is InChI=1S/C14H14BrN5/c1-10-4-3-5-11(17-10)8-19(2)14-13-16-6-7-20(13)9-12(15)18-14/h3-7,9H,8H2,1-2H3. The van der Waals surface area contributed by atoms with E-state index in [9.17, 15) is 0 Å². The first kappa shape index (κ1) is 13.1. The van der Waals surface area contributed by atoms with Crippen LogP contribution in [0.5, 0.6) is 0 Å². The molecule has 0 radical (unpaired) electrons. The number of rotatable bonds is 3. The maximum absolute atomic E-state index is 4.52. The lowest BCUT2D eigenvalue weighted by Gasteiger charge is -2.18. The summed E-state index contributed by atoms with van der Waals surface area (Å²) in [6.45, 7) is 2.68. The van der Waals surface area contributed by atoms with Crippen molar-refractivity contribution in [1.82, 2.24) is 19.4 Å². The maximum atomic E-state index is 4.52. The van der Waals surface area contributed by atoms with E-state index in [0.29, 0.717) is 6.54 Å². The normalized spacial score (nSPS) is 10.9. The molecule has 0 aliphatic carbocycles. The molecule has 0 unspecified atom stereocenters. The van der Waals surface area contributed by atoms with Gasteiger partial charge in [-0.2, -0.15) is 0 Å². The Kier molecular flexibility index (Phi) is 3.40. The average Bonchev–Trinajstić information content (AvgIpc) is 2.85. The Morgan fingerprint density at radius 3 is 2.95 bits per heavy atom. The molecule has 0 saturated heterocycles. The third kappa shape index (κ3) is 2.51. The molecule has 20 heavy (non-hydrogen) atoms. The van der Waals surface area contributed by atoms with Crippen LogP contribution in [0.1, 0.15) is 11.4 Å². The van der Waals surface area contributed by atoms with Crippen molar-refractivity contribution in [2.45, 2.75) is 13.5 Å². The minimum atomic E-state index is 0.688. The minimum absolute atomic E-state index is 0.688. The Labute approximate surface area is 125 Å². The van der Waals surface area contributed by atoms with Crippen LogP contribution in [0.2, 0.25) is 0 Å². The fourth-order valence-corrected chi connectivity index (χ4v) is 2.54. The van der Waals surface area contributed by atoms with Gasteiger partial charge in [-0.1, -0.05) is 6.07 Å². The van der Waals surface area contributed by atoms with E-state index < -0.39 is 0 Å². The Hall–Kier alpha value is -1.95. The molecule has 0 spiro atoms. The van der Waals surface area contributed by atoms with Crippen molar-refractivity contribution in [3.8, 4) is 0 Å². The van der Waals surface area contributed by atoms with E-state index in [1.807, 2.05) is 49.0 Å². The van der Waals surface area contributed by atoms with Gasteiger partial charge in [0.1, 0.15) is 4.60 Å². The summed E-state index contributed by atoms with van der Waals surface area (Å²) in [6, 6.07) is 6.03. The minimum Gasteiger partial charge on any atom is -0.351 e. The van der Waals surface area contributed by atoms with Crippen molar-refractivity contribution in [1.29, 1.82) is 0 Å². The van der Waals surface area contributed by atoms with Crippen LogP contribution in [-0.4, -0.2) is 26.4 Å². The van der Waals surface area contributed by atoms with Crippen LogP contribution in [0.15, 0.2) is 41.4 Å². The molecule has 3 rings (SSSR count). The van der Waals surface area contributed by atoms with Crippen molar-refractivity contribution in [2.24, 2.45) is 0 Å². The number of imidazole rings is 1. The van der Waals surface area contributed by atoms with E-state index in [1.54, 1.807) is 6.20 Å². The van der Waals surface area contributed by atoms with E-state index in [4.69, 9.17) is 0 Å². The van der Waals surface area contributed by atoms with Gasteiger partial charge in [-0.05, 0) is 35.0 Å². The van der Waals surface area contributed by atoms with E-state index in [-0.39, 0.29) is 0 Å². The molecule has 5 nitrogen and oxygen atoms in total. The largest absolute Gasteiger partial charge is 0.351 e. The molecule has 0 aliphatic rings. The van der Waals surface area contributed by atoms with Crippen LogP contribution in [-0.2, 0) is 6.54 Å². The van der Waals surface area contributed by atoms with Crippen LogP contribution in [0.4, 0.5) is 5.82 Å². The van der Waals surface area contributed by atoms with Gasteiger partial charge in [0.05, 0.1) is 12.2 Å². The first-order chi connectivity index (χ1) is 9.63. The van der Waals surface area contributed by atoms with Gasteiger partial charge in [0.15, 0.2) is 11.5 Å². The molecule has 6 heteroatoms. The van der Waals surface area contributed by atoms with Crippen LogP contribution in [0, 0.1) is 6.92 Å². The molecule has 0 saturated carbocycles. The predicted octanol–water partition coefficient (Wildman–Crippen LogP) is 2.83. The SMILES string of the molecule is Cc1cccc(CN(C)c2nc(Br)cn3ccnc23)n1. The van der Waals surface area contributed by atoms with Crippen LogP contribution in [0.3, 0.4) is 0 Å². The fraction of sp³-hybridized carbons (Fsp3) is 0.214. The first-order valence-corrected chi connectivity index (χ1v) is 7.05.